The molecule has 0 bridgehead atoms. The lowest BCUT2D eigenvalue weighted by molar-refractivity contribution is -0.387. The smallest absolute Gasteiger partial charge is 0.258 e. The van der Waals surface area contributed by atoms with Gasteiger partial charge in [0.1, 0.15) is 11.4 Å². The summed E-state index contributed by atoms with van der Waals surface area (Å²) in [5.74, 6) is -2.08. The Bertz CT molecular complexity index is 549. The van der Waals surface area contributed by atoms with Crippen LogP contribution in [0.4, 0.5) is 14.5 Å². The van der Waals surface area contributed by atoms with Crippen molar-refractivity contribution in [2.75, 3.05) is 0 Å². The van der Waals surface area contributed by atoms with Crippen LogP contribution in [0, 0.1) is 21.7 Å². The van der Waals surface area contributed by atoms with Crippen LogP contribution < -0.4 is 0 Å². The Labute approximate surface area is 93.9 Å². The van der Waals surface area contributed by atoms with Crippen molar-refractivity contribution >= 4 is 11.8 Å². The van der Waals surface area contributed by atoms with Gasteiger partial charge in [-0.2, -0.15) is 9.38 Å². The van der Waals surface area contributed by atoms with Crippen LogP contribution in [0.1, 0.15) is 18.4 Å². The number of nitro groups is 1. The average Bonchev–Trinajstić information content (AvgIpc) is 3.02. The zero-order valence-corrected chi connectivity index (χ0v) is 8.44. The Morgan fingerprint density at radius 2 is 2.00 bits per heavy atom. The maximum Gasteiger partial charge on any atom is 0.307 e. The highest BCUT2D eigenvalue weighted by Gasteiger charge is 2.47. The minimum atomic E-state index is -1.14. The molecule has 1 aromatic carbocycles. The second-order valence-electron chi connectivity index (χ2n) is 3.78. The van der Waals surface area contributed by atoms with Crippen molar-refractivity contribution < 1.29 is 18.5 Å². The van der Waals surface area contributed by atoms with Crippen LogP contribution in [0.3, 0.4) is 0 Å². The minimum Gasteiger partial charge on any atom is -0.258 e. The third-order valence-corrected chi connectivity index (χ3v) is 2.72. The average molecular weight is 240 g/mol. The minimum absolute atomic E-state index is 0.135. The van der Waals surface area contributed by atoms with E-state index in [0.717, 1.165) is 6.07 Å². The summed E-state index contributed by atoms with van der Waals surface area (Å²) in [6.07, 6.45) is 2.10. The normalized spacial score (nSPS) is 16.1. The van der Waals surface area contributed by atoms with Crippen LogP contribution in [-0.4, -0.2) is 11.0 Å². The molecule has 1 aromatic rings. The lowest BCUT2D eigenvalue weighted by Gasteiger charge is -2.09. The first kappa shape index (κ1) is 11.3. The SMILES string of the molecule is O=C=NC1(c2cc(F)c([N+](=O)[O-])cc2F)CC1. The number of halogens is 2. The molecule has 0 atom stereocenters. The summed E-state index contributed by atoms with van der Waals surface area (Å²) in [7, 11) is 0. The molecule has 88 valence electrons. The predicted octanol–water partition coefficient (Wildman–Crippen LogP) is 2.20. The molecule has 0 spiro atoms. The third-order valence-electron chi connectivity index (χ3n) is 2.72. The second-order valence-corrected chi connectivity index (χ2v) is 3.78. The van der Waals surface area contributed by atoms with Crippen molar-refractivity contribution in [3.8, 4) is 0 Å². The molecule has 2 rings (SSSR count). The molecule has 5 nitrogen and oxygen atoms in total. The van der Waals surface area contributed by atoms with Gasteiger partial charge in [0, 0.05) is 5.56 Å². The number of hydrogen-bond acceptors (Lipinski definition) is 4. The molecule has 1 fully saturated rings. The van der Waals surface area contributed by atoms with E-state index in [1.165, 1.54) is 6.08 Å². The molecule has 1 aliphatic carbocycles. The van der Waals surface area contributed by atoms with E-state index in [-0.39, 0.29) is 5.56 Å². The van der Waals surface area contributed by atoms with Gasteiger partial charge >= 0.3 is 5.69 Å². The van der Waals surface area contributed by atoms with Gasteiger partial charge in [-0.25, -0.2) is 9.18 Å². The van der Waals surface area contributed by atoms with Crippen LogP contribution in [0.2, 0.25) is 0 Å². The van der Waals surface area contributed by atoms with Crippen molar-refractivity contribution in [3.63, 3.8) is 0 Å². The molecule has 0 N–H and O–H groups in total. The van der Waals surface area contributed by atoms with Crippen molar-refractivity contribution in [1.29, 1.82) is 0 Å². The Hall–Kier alpha value is -2.14. The quantitative estimate of drug-likeness (QED) is 0.352. The van der Waals surface area contributed by atoms with Crippen LogP contribution in [0.25, 0.3) is 0 Å². The van der Waals surface area contributed by atoms with E-state index in [0.29, 0.717) is 18.9 Å². The zero-order valence-electron chi connectivity index (χ0n) is 8.44. The fourth-order valence-corrected chi connectivity index (χ4v) is 1.68. The van der Waals surface area contributed by atoms with Gasteiger partial charge in [-0.05, 0) is 18.9 Å². The number of rotatable bonds is 3. The van der Waals surface area contributed by atoms with Crippen LogP contribution in [0.15, 0.2) is 17.1 Å². The Morgan fingerprint density at radius 3 is 2.47 bits per heavy atom. The number of aliphatic imine (C=N–C) groups is 1. The topological polar surface area (TPSA) is 72.6 Å². The van der Waals surface area contributed by atoms with Crippen molar-refractivity contribution in [2.45, 2.75) is 18.4 Å². The van der Waals surface area contributed by atoms with Gasteiger partial charge in [0.15, 0.2) is 0 Å². The van der Waals surface area contributed by atoms with E-state index in [1.807, 2.05) is 0 Å². The highest BCUT2D eigenvalue weighted by atomic mass is 19.1. The van der Waals surface area contributed by atoms with Crippen LogP contribution in [-0.2, 0) is 10.3 Å². The summed E-state index contributed by atoms with van der Waals surface area (Å²) in [4.78, 5) is 23.0. The Morgan fingerprint density at radius 1 is 1.35 bits per heavy atom. The first-order valence-corrected chi connectivity index (χ1v) is 4.73. The molecule has 0 heterocycles. The number of benzene rings is 1. The second kappa shape index (κ2) is 3.71. The summed E-state index contributed by atoms with van der Waals surface area (Å²) in [5, 5.41) is 10.4. The molecule has 0 aliphatic heterocycles. The third kappa shape index (κ3) is 1.81. The van der Waals surface area contributed by atoms with E-state index in [4.69, 9.17) is 0 Å². The predicted molar refractivity (Wildman–Crippen MR) is 52.0 cm³/mol. The molecule has 1 aliphatic rings. The molecule has 0 aromatic heterocycles. The van der Waals surface area contributed by atoms with Gasteiger partial charge in [0.2, 0.25) is 11.9 Å². The molecule has 0 radical (unpaired) electrons. The van der Waals surface area contributed by atoms with E-state index < -0.39 is 27.8 Å². The molecule has 1 saturated carbocycles. The summed E-state index contributed by atoms with van der Waals surface area (Å²) in [5.41, 5.74) is -2.15. The molecule has 0 saturated heterocycles. The number of isocyanates is 1. The fraction of sp³-hybridized carbons (Fsp3) is 0.300. The van der Waals surface area contributed by atoms with Gasteiger partial charge in [-0.15, -0.1) is 0 Å². The monoisotopic (exact) mass is 240 g/mol. The number of nitrogens with zero attached hydrogens (tertiary/aromatic N) is 2. The number of carbonyl (C=O) groups excluding carboxylic acids is 1. The van der Waals surface area contributed by atoms with Gasteiger partial charge < -0.3 is 0 Å². The van der Waals surface area contributed by atoms with Crippen molar-refractivity contribution in [3.05, 3.63) is 39.4 Å². The van der Waals surface area contributed by atoms with Gasteiger partial charge in [0.05, 0.1) is 11.0 Å². The van der Waals surface area contributed by atoms with Gasteiger partial charge in [0.25, 0.3) is 0 Å². The van der Waals surface area contributed by atoms with Gasteiger partial charge in [-0.3, -0.25) is 10.1 Å². The fourth-order valence-electron chi connectivity index (χ4n) is 1.68. The summed E-state index contributed by atoms with van der Waals surface area (Å²) >= 11 is 0. The van der Waals surface area contributed by atoms with E-state index in [9.17, 15) is 23.7 Å². The molecule has 0 amide bonds. The van der Waals surface area contributed by atoms with E-state index >= 15 is 0 Å². The summed E-state index contributed by atoms with van der Waals surface area (Å²) < 4.78 is 26.9. The highest BCUT2D eigenvalue weighted by molar-refractivity contribution is 5.45. The Balaban J connectivity index is 2.55. The maximum atomic E-state index is 13.6. The molecule has 0 unspecified atom stereocenters. The van der Waals surface area contributed by atoms with Crippen molar-refractivity contribution in [2.24, 2.45) is 4.99 Å². The number of nitro benzene ring substituents is 1. The van der Waals surface area contributed by atoms with Crippen molar-refractivity contribution in [1.82, 2.24) is 0 Å². The zero-order chi connectivity index (χ0) is 12.6. The largest absolute Gasteiger partial charge is 0.307 e. The van der Waals surface area contributed by atoms with Crippen LogP contribution in [0.5, 0.6) is 0 Å². The first-order valence-electron chi connectivity index (χ1n) is 4.73. The van der Waals surface area contributed by atoms with Gasteiger partial charge in [-0.1, -0.05) is 0 Å². The standard InChI is InChI=1S/C10H6F2N2O3/c11-7-4-9(14(16)17)8(12)3-6(7)10(1-2-10)13-5-15/h3-4H,1-2H2. The number of hydrogen-bond donors (Lipinski definition) is 0. The lowest BCUT2D eigenvalue weighted by Crippen LogP contribution is -2.07. The summed E-state index contributed by atoms with van der Waals surface area (Å²) in [6, 6.07) is 1.23. The molecular weight excluding hydrogens is 234 g/mol. The summed E-state index contributed by atoms with van der Waals surface area (Å²) in [6.45, 7) is 0. The molecule has 17 heavy (non-hydrogen) atoms. The molecule has 7 heteroatoms. The lowest BCUT2D eigenvalue weighted by atomic mass is 10.0. The van der Waals surface area contributed by atoms with E-state index in [2.05, 4.69) is 4.99 Å². The maximum absolute atomic E-state index is 13.6. The molecular formula is C10H6F2N2O3. The van der Waals surface area contributed by atoms with E-state index in [1.54, 1.807) is 0 Å². The highest BCUT2D eigenvalue weighted by Crippen LogP contribution is 2.50. The van der Waals surface area contributed by atoms with Crippen LogP contribution >= 0.6 is 0 Å². The first-order chi connectivity index (χ1) is 8.00. The Kier molecular flexibility index (Phi) is 2.48.